The lowest BCUT2D eigenvalue weighted by molar-refractivity contribution is 0.131. The van der Waals surface area contributed by atoms with Crippen LogP contribution in [-0.4, -0.2) is 32.8 Å². The fraction of sp³-hybridized carbons (Fsp3) is 0.647. The van der Waals surface area contributed by atoms with E-state index in [1.165, 1.54) is 31.2 Å². The van der Waals surface area contributed by atoms with E-state index in [9.17, 15) is 0 Å². The molecule has 0 aliphatic heterocycles. The minimum absolute atomic E-state index is 0.715. The number of hydrogen-bond acceptors (Lipinski definition) is 3. The lowest BCUT2D eigenvalue weighted by Gasteiger charge is -2.20. The monoisotopic (exact) mass is 308 g/mol. The summed E-state index contributed by atoms with van der Waals surface area (Å²) < 4.78 is 5.69. The first-order valence-corrected chi connectivity index (χ1v) is 8.41. The molecule has 2 saturated carbocycles. The van der Waals surface area contributed by atoms with Gasteiger partial charge in [-0.15, -0.1) is 0 Å². The minimum atomic E-state index is 0.715. The number of halogens is 1. The first-order valence-electron chi connectivity index (χ1n) is 8.03. The molecule has 2 fully saturated rings. The zero-order chi connectivity index (χ0) is 14.7. The number of benzene rings is 1. The molecular formula is C17H25ClN2O. The van der Waals surface area contributed by atoms with Crippen molar-refractivity contribution in [1.29, 1.82) is 0 Å². The summed E-state index contributed by atoms with van der Waals surface area (Å²) in [7, 11) is 2.09. The summed E-state index contributed by atoms with van der Waals surface area (Å²) in [5.74, 6) is 0.836. The third-order valence-electron chi connectivity index (χ3n) is 4.26. The van der Waals surface area contributed by atoms with Crippen LogP contribution < -0.4 is 10.2 Å². The van der Waals surface area contributed by atoms with Gasteiger partial charge in [-0.2, -0.15) is 0 Å². The first-order chi connectivity index (χ1) is 10.2. The average Bonchev–Trinajstić information content (AvgIpc) is 3.36. The van der Waals surface area contributed by atoms with Crippen molar-refractivity contribution in [3.63, 3.8) is 0 Å². The summed E-state index contributed by atoms with van der Waals surface area (Å²) in [6, 6.07) is 7.06. The van der Waals surface area contributed by atoms with Gasteiger partial charge in [0.15, 0.2) is 0 Å². The van der Waals surface area contributed by atoms with Crippen molar-refractivity contribution in [1.82, 2.24) is 5.32 Å². The van der Waals surface area contributed by atoms with Gasteiger partial charge in [-0.25, -0.2) is 0 Å². The minimum Gasteiger partial charge on any atom is -0.379 e. The molecule has 0 spiro atoms. The second-order valence-electron chi connectivity index (χ2n) is 6.37. The van der Waals surface area contributed by atoms with Crippen LogP contribution in [0.25, 0.3) is 0 Å². The van der Waals surface area contributed by atoms with E-state index in [2.05, 4.69) is 35.5 Å². The van der Waals surface area contributed by atoms with Crippen LogP contribution in [0, 0.1) is 5.92 Å². The van der Waals surface area contributed by atoms with Crippen molar-refractivity contribution < 1.29 is 4.74 Å². The molecule has 0 bridgehead atoms. The van der Waals surface area contributed by atoms with Gasteiger partial charge in [0.05, 0.1) is 6.61 Å². The molecule has 0 unspecified atom stereocenters. The van der Waals surface area contributed by atoms with Gasteiger partial charge in [0.1, 0.15) is 0 Å². The summed E-state index contributed by atoms with van der Waals surface area (Å²) in [4.78, 5) is 2.21. The summed E-state index contributed by atoms with van der Waals surface area (Å²) in [5.41, 5.74) is 2.34. The number of anilines is 1. The molecule has 0 saturated heterocycles. The Labute approximate surface area is 132 Å². The van der Waals surface area contributed by atoms with Crippen molar-refractivity contribution in [2.45, 2.75) is 38.3 Å². The molecule has 0 heterocycles. The highest BCUT2D eigenvalue weighted by atomic mass is 35.5. The molecule has 0 atom stereocenters. The van der Waals surface area contributed by atoms with Crippen LogP contribution >= 0.6 is 11.6 Å². The van der Waals surface area contributed by atoms with Crippen LogP contribution in [0.3, 0.4) is 0 Å². The quantitative estimate of drug-likeness (QED) is 0.707. The van der Waals surface area contributed by atoms with E-state index in [4.69, 9.17) is 16.3 Å². The first kappa shape index (κ1) is 15.1. The molecule has 1 aromatic carbocycles. The van der Waals surface area contributed by atoms with Crippen molar-refractivity contribution >= 4 is 17.3 Å². The Kier molecular flexibility index (Phi) is 5.04. The molecule has 0 amide bonds. The lowest BCUT2D eigenvalue weighted by Crippen LogP contribution is -2.23. The van der Waals surface area contributed by atoms with Gasteiger partial charge in [0.2, 0.25) is 0 Å². The molecule has 0 aromatic heterocycles. The Balaban J connectivity index is 1.45. The number of hydrogen-bond donors (Lipinski definition) is 1. The topological polar surface area (TPSA) is 24.5 Å². The Morgan fingerprint density at radius 2 is 2.10 bits per heavy atom. The van der Waals surface area contributed by atoms with E-state index < -0.39 is 0 Å². The molecule has 3 nitrogen and oxygen atoms in total. The van der Waals surface area contributed by atoms with Gasteiger partial charge in [0.25, 0.3) is 0 Å². The molecule has 3 rings (SSSR count). The number of nitrogens with zero attached hydrogens (tertiary/aromatic N) is 1. The van der Waals surface area contributed by atoms with E-state index in [1.807, 2.05) is 0 Å². The number of likely N-dealkylation sites (N-methyl/N-ethyl adjacent to an activating group) is 1. The third-order valence-corrected chi connectivity index (χ3v) is 4.61. The van der Waals surface area contributed by atoms with Crippen molar-refractivity contribution in [2.24, 2.45) is 5.92 Å². The van der Waals surface area contributed by atoms with Gasteiger partial charge in [0, 0.05) is 43.5 Å². The lowest BCUT2D eigenvalue weighted by atomic mass is 10.2. The van der Waals surface area contributed by atoms with Crippen LogP contribution in [0.1, 0.15) is 31.2 Å². The van der Waals surface area contributed by atoms with Gasteiger partial charge in [-0.3, -0.25) is 0 Å². The van der Waals surface area contributed by atoms with Gasteiger partial charge >= 0.3 is 0 Å². The number of rotatable bonds is 9. The molecule has 4 heteroatoms. The fourth-order valence-electron chi connectivity index (χ4n) is 2.32. The molecule has 0 radical (unpaired) electrons. The highest BCUT2D eigenvalue weighted by molar-refractivity contribution is 6.31. The van der Waals surface area contributed by atoms with E-state index in [-0.39, 0.29) is 0 Å². The van der Waals surface area contributed by atoms with Crippen molar-refractivity contribution in [3.05, 3.63) is 28.8 Å². The van der Waals surface area contributed by atoms with Crippen LogP contribution in [0.5, 0.6) is 0 Å². The predicted octanol–water partition coefficient (Wildman–Crippen LogP) is 3.45. The Bertz CT molecular complexity index is 472. The molecule has 116 valence electrons. The fourth-order valence-corrected chi connectivity index (χ4v) is 2.57. The summed E-state index contributed by atoms with van der Waals surface area (Å²) in [6.45, 7) is 3.50. The Morgan fingerprint density at radius 3 is 2.76 bits per heavy atom. The second-order valence-corrected chi connectivity index (χ2v) is 6.78. The highest BCUT2D eigenvalue weighted by Crippen LogP contribution is 2.29. The predicted molar refractivity (Wildman–Crippen MR) is 88.1 cm³/mol. The maximum Gasteiger partial charge on any atom is 0.0641 e. The largest absolute Gasteiger partial charge is 0.379 e. The molecule has 1 aromatic rings. The van der Waals surface area contributed by atoms with E-state index in [0.717, 1.165) is 42.9 Å². The zero-order valence-electron chi connectivity index (χ0n) is 12.8. The molecule has 2 aliphatic carbocycles. The molecule has 2 aliphatic rings. The van der Waals surface area contributed by atoms with E-state index in [0.29, 0.717) is 6.04 Å². The maximum atomic E-state index is 6.39. The summed E-state index contributed by atoms with van der Waals surface area (Å²) >= 11 is 6.39. The van der Waals surface area contributed by atoms with Crippen LogP contribution in [0.15, 0.2) is 18.2 Å². The van der Waals surface area contributed by atoms with Crippen molar-refractivity contribution in [2.75, 3.05) is 31.7 Å². The zero-order valence-corrected chi connectivity index (χ0v) is 13.5. The van der Waals surface area contributed by atoms with Crippen LogP contribution in [0.4, 0.5) is 5.69 Å². The Morgan fingerprint density at radius 1 is 1.29 bits per heavy atom. The average molecular weight is 309 g/mol. The van der Waals surface area contributed by atoms with Crippen LogP contribution in [-0.2, 0) is 11.3 Å². The number of nitrogens with one attached hydrogen (secondary N) is 1. The normalized spacial score (nSPS) is 18.0. The molecular weight excluding hydrogens is 284 g/mol. The number of ether oxygens (including phenoxy) is 1. The van der Waals surface area contributed by atoms with Gasteiger partial charge < -0.3 is 15.0 Å². The Hall–Kier alpha value is -0.770. The second kappa shape index (κ2) is 6.99. The van der Waals surface area contributed by atoms with E-state index in [1.54, 1.807) is 0 Å². The molecule has 1 N–H and O–H groups in total. The summed E-state index contributed by atoms with van der Waals surface area (Å²) in [5, 5.41) is 4.36. The van der Waals surface area contributed by atoms with Gasteiger partial charge in [-0.05, 0) is 49.3 Å². The standard InChI is InChI=1S/C17H25ClN2O/c1-20(8-9-21-12-13-2-3-13)16-7-4-14(17(18)10-16)11-19-15-5-6-15/h4,7,10,13,15,19H,2-3,5-6,8-9,11-12H2,1H3. The maximum absolute atomic E-state index is 6.39. The van der Waals surface area contributed by atoms with Crippen LogP contribution in [0.2, 0.25) is 5.02 Å². The van der Waals surface area contributed by atoms with Gasteiger partial charge in [-0.1, -0.05) is 17.7 Å². The van der Waals surface area contributed by atoms with E-state index >= 15 is 0 Å². The summed E-state index contributed by atoms with van der Waals surface area (Å²) in [6.07, 6.45) is 5.31. The third kappa shape index (κ3) is 4.87. The van der Waals surface area contributed by atoms with Crippen molar-refractivity contribution in [3.8, 4) is 0 Å². The molecule has 21 heavy (non-hydrogen) atoms. The SMILES string of the molecule is CN(CCOCC1CC1)c1ccc(CNC2CC2)c(Cl)c1. The smallest absolute Gasteiger partial charge is 0.0641 e. The highest BCUT2D eigenvalue weighted by Gasteiger charge is 2.21.